The molecule has 1 aliphatic heterocycles. The van der Waals surface area contributed by atoms with Crippen LogP contribution in [0.25, 0.3) is 0 Å². The highest BCUT2D eigenvalue weighted by Crippen LogP contribution is 2.10. The fraction of sp³-hybridized carbons (Fsp3) is 1.00. The van der Waals surface area contributed by atoms with Crippen LogP contribution < -0.4 is 5.32 Å². The number of rotatable bonds is 11. The molecule has 0 aromatic heterocycles. The Balaban J connectivity index is 1.89. The maximum absolute atomic E-state index is 5.76. The lowest BCUT2D eigenvalue weighted by Crippen LogP contribution is -2.46. The number of likely N-dealkylation sites (N-methyl/N-ethyl adjacent to an activating group) is 1. The Morgan fingerprint density at radius 1 is 1.05 bits per heavy atom. The molecule has 6 heteroatoms. The van der Waals surface area contributed by atoms with Crippen molar-refractivity contribution < 1.29 is 23.7 Å². The van der Waals surface area contributed by atoms with Crippen molar-refractivity contribution >= 4 is 0 Å². The van der Waals surface area contributed by atoms with Crippen molar-refractivity contribution in [2.24, 2.45) is 0 Å². The third-order valence-electron chi connectivity index (χ3n) is 3.04. The second kappa shape index (κ2) is 11.6. The summed E-state index contributed by atoms with van der Waals surface area (Å²) in [5, 5.41) is 3.26. The summed E-state index contributed by atoms with van der Waals surface area (Å²) in [7, 11) is 3.62. The summed E-state index contributed by atoms with van der Waals surface area (Å²) in [4.78, 5) is 0. The average Bonchev–Trinajstić information content (AvgIpc) is 2.46. The molecule has 19 heavy (non-hydrogen) atoms. The number of hydrogen-bond donors (Lipinski definition) is 1. The molecule has 2 atom stereocenters. The summed E-state index contributed by atoms with van der Waals surface area (Å²) in [6.45, 7) is 5.05. The lowest BCUT2D eigenvalue weighted by Gasteiger charge is -2.31. The van der Waals surface area contributed by atoms with Gasteiger partial charge in [0.05, 0.1) is 52.4 Å². The number of nitrogens with one attached hydrogen (secondary N) is 1. The lowest BCUT2D eigenvalue weighted by atomic mass is 10.1. The summed E-state index contributed by atoms with van der Waals surface area (Å²) in [6.07, 6.45) is 1.12. The van der Waals surface area contributed by atoms with E-state index in [9.17, 15) is 0 Å². The van der Waals surface area contributed by atoms with Gasteiger partial charge in [-0.3, -0.25) is 0 Å². The second-order valence-corrected chi connectivity index (χ2v) is 4.39. The smallest absolute Gasteiger partial charge is 0.0962 e. The molecule has 1 rings (SSSR count). The van der Waals surface area contributed by atoms with Gasteiger partial charge in [0.25, 0.3) is 0 Å². The van der Waals surface area contributed by atoms with Gasteiger partial charge in [0, 0.05) is 19.8 Å². The highest BCUT2D eigenvalue weighted by atomic mass is 16.6. The van der Waals surface area contributed by atoms with E-state index in [2.05, 4.69) is 5.32 Å². The van der Waals surface area contributed by atoms with Crippen molar-refractivity contribution in [3.8, 4) is 0 Å². The second-order valence-electron chi connectivity index (χ2n) is 4.39. The minimum atomic E-state index is 0.125. The lowest BCUT2D eigenvalue weighted by molar-refractivity contribution is -0.0825. The molecule has 2 unspecified atom stereocenters. The Kier molecular flexibility index (Phi) is 10.2. The summed E-state index contributed by atoms with van der Waals surface area (Å²) >= 11 is 0. The van der Waals surface area contributed by atoms with E-state index in [0.717, 1.165) is 13.0 Å². The van der Waals surface area contributed by atoms with Crippen LogP contribution >= 0.6 is 0 Å². The Morgan fingerprint density at radius 2 is 1.74 bits per heavy atom. The fourth-order valence-corrected chi connectivity index (χ4v) is 1.93. The highest BCUT2D eigenvalue weighted by molar-refractivity contribution is 4.78. The van der Waals surface area contributed by atoms with Gasteiger partial charge in [-0.2, -0.15) is 0 Å². The van der Waals surface area contributed by atoms with Crippen LogP contribution in [0.2, 0.25) is 0 Å². The molecule has 0 radical (unpaired) electrons. The fourth-order valence-electron chi connectivity index (χ4n) is 1.93. The van der Waals surface area contributed by atoms with Crippen LogP contribution in [0.1, 0.15) is 6.42 Å². The summed E-state index contributed by atoms with van der Waals surface area (Å²) < 4.78 is 26.7. The predicted molar refractivity (Wildman–Crippen MR) is 71.5 cm³/mol. The normalized spacial score (nSPS) is 23.7. The van der Waals surface area contributed by atoms with Crippen LogP contribution in [0.15, 0.2) is 0 Å². The Labute approximate surface area is 115 Å². The number of hydrogen-bond acceptors (Lipinski definition) is 6. The Hall–Kier alpha value is -0.240. The van der Waals surface area contributed by atoms with E-state index in [-0.39, 0.29) is 6.10 Å². The zero-order chi connectivity index (χ0) is 13.8. The topological polar surface area (TPSA) is 58.2 Å². The van der Waals surface area contributed by atoms with Crippen molar-refractivity contribution in [3.05, 3.63) is 0 Å². The summed E-state index contributed by atoms with van der Waals surface area (Å²) in [5.74, 6) is 0. The highest BCUT2D eigenvalue weighted by Gasteiger charge is 2.24. The minimum Gasteiger partial charge on any atom is -0.382 e. The number of ether oxygens (including phenoxy) is 5. The first-order valence-electron chi connectivity index (χ1n) is 6.89. The van der Waals surface area contributed by atoms with Crippen LogP contribution in [-0.4, -0.2) is 79.2 Å². The van der Waals surface area contributed by atoms with E-state index in [0.29, 0.717) is 52.3 Å². The maximum atomic E-state index is 5.76. The maximum Gasteiger partial charge on any atom is 0.0962 e. The molecule has 0 aromatic carbocycles. The monoisotopic (exact) mass is 277 g/mol. The number of methoxy groups -OCH3 is 1. The molecule has 1 aliphatic rings. The van der Waals surface area contributed by atoms with Gasteiger partial charge in [-0.25, -0.2) is 0 Å². The summed E-state index contributed by atoms with van der Waals surface area (Å²) in [6, 6.07) is 0.381. The molecular formula is C13H27NO5. The van der Waals surface area contributed by atoms with Gasteiger partial charge in [0.1, 0.15) is 0 Å². The Bertz CT molecular complexity index is 205. The SMILES string of the molecule is CNC1CCOCC1OCCOCCOCCOC. The van der Waals surface area contributed by atoms with Crippen molar-refractivity contribution in [1.82, 2.24) is 5.32 Å². The first-order chi connectivity index (χ1) is 9.38. The zero-order valence-corrected chi connectivity index (χ0v) is 12.1. The van der Waals surface area contributed by atoms with Crippen LogP contribution in [-0.2, 0) is 23.7 Å². The molecule has 0 aliphatic carbocycles. The largest absolute Gasteiger partial charge is 0.382 e. The molecule has 0 aromatic rings. The van der Waals surface area contributed by atoms with Gasteiger partial charge >= 0.3 is 0 Å². The van der Waals surface area contributed by atoms with Gasteiger partial charge in [0.2, 0.25) is 0 Å². The Morgan fingerprint density at radius 3 is 2.42 bits per heavy atom. The molecule has 0 bridgehead atoms. The van der Waals surface area contributed by atoms with Gasteiger partial charge in [-0.05, 0) is 13.5 Å². The van der Waals surface area contributed by atoms with Gasteiger partial charge in [0.15, 0.2) is 0 Å². The molecule has 1 fully saturated rings. The quantitative estimate of drug-likeness (QED) is 0.539. The molecule has 6 nitrogen and oxygen atoms in total. The summed E-state index contributed by atoms with van der Waals surface area (Å²) in [5.41, 5.74) is 0. The van der Waals surface area contributed by atoms with Gasteiger partial charge in [-0.1, -0.05) is 0 Å². The van der Waals surface area contributed by atoms with E-state index in [1.54, 1.807) is 7.11 Å². The van der Waals surface area contributed by atoms with Crippen molar-refractivity contribution in [2.75, 3.05) is 67.0 Å². The van der Waals surface area contributed by atoms with Crippen molar-refractivity contribution in [2.45, 2.75) is 18.6 Å². The third-order valence-corrected chi connectivity index (χ3v) is 3.04. The molecular weight excluding hydrogens is 250 g/mol. The van der Waals surface area contributed by atoms with Crippen LogP contribution in [0.5, 0.6) is 0 Å². The molecule has 1 heterocycles. The third kappa shape index (κ3) is 7.81. The van der Waals surface area contributed by atoms with Crippen LogP contribution in [0, 0.1) is 0 Å². The predicted octanol–water partition coefficient (Wildman–Crippen LogP) is 0.0595. The molecule has 0 spiro atoms. The zero-order valence-electron chi connectivity index (χ0n) is 12.1. The van der Waals surface area contributed by atoms with Gasteiger partial charge in [-0.15, -0.1) is 0 Å². The van der Waals surface area contributed by atoms with Gasteiger partial charge < -0.3 is 29.0 Å². The first kappa shape index (κ1) is 16.8. The molecule has 0 saturated carbocycles. The molecule has 114 valence electrons. The average molecular weight is 277 g/mol. The van der Waals surface area contributed by atoms with E-state index in [1.807, 2.05) is 7.05 Å². The van der Waals surface area contributed by atoms with E-state index >= 15 is 0 Å². The van der Waals surface area contributed by atoms with Crippen LogP contribution in [0.4, 0.5) is 0 Å². The first-order valence-corrected chi connectivity index (χ1v) is 6.89. The van der Waals surface area contributed by atoms with Crippen molar-refractivity contribution in [3.63, 3.8) is 0 Å². The molecule has 0 amide bonds. The van der Waals surface area contributed by atoms with E-state index in [1.165, 1.54) is 0 Å². The molecule has 1 saturated heterocycles. The van der Waals surface area contributed by atoms with Crippen LogP contribution in [0.3, 0.4) is 0 Å². The molecule has 1 N–H and O–H groups in total. The standard InChI is InChI=1S/C13H27NO5/c1-14-12-3-4-18-11-13(12)19-10-9-17-8-7-16-6-5-15-2/h12-14H,3-11H2,1-2H3. The van der Waals surface area contributed by atoms with E-state index < -0.39 is 0 Å². The van der Waals surface area contributed by atoms with E-state index in [4.69, 9.17) is 23.7 Å². The minimum absolute atomic E-state index is 0.125. The van der Waals surface area contributed by atoms with Crippen molar-refractivity contribution in [1.29, 1.82) is 0 Å².